The van der Waals surface area contributed by atoms with Crippen LogP contribution in [0.1, 0.15) is 31.9 Å². The highest BCUT2D eigenvalue weighted by Gasteiger charge is 2.26. The number of para-hydroxylation sites is 1. The van der Waals surface area contributed by atoms with Crippen LogP contribution in [0.4, 0.5) is 5.69 Å². The van der Waals surface area contributed by atoms with Crippen LogP contribution in [0, 0.1) is 12.8 Å². The zero-order valence-electron chi connectivity index (χ0n) is 15.0. The van der Waals surface area contributed by atoms with Crippen molar-refractivity contribution < 1.29 is 8.42 Å². The van der Waals surface area contributed by atoms with Gasteiger partial charge in [0, 0.05) is 11.3 Å². The van der Waals surface area contributed by atoms with Gasteiger partial charge in [-0.2, -0.15) is 0 Å². The van der Waals surface area contributed by atoms with E-state index in [2.05, 4.69) is 24.6 Å². The first kappa shape index (κ1) is 17.5. The molecule has 1 aliphatic carbocycles. The lowest BCUT2D eigenvalue weighted by molar-refractivity contribution is 0.601. The monoisotopic (exact) mass is 353 g/mol. The smallest absolute Gasteiger partial charge is 0.262 e. The van der Waals surface area contributed by atoms with E-state index < -0.39 is 10.0 Å². The molecule has 0 radical (unpaired) electrons. The third kappa shape index (κ3) is 3.40. The molecule has 0 aromatic heterocycles. The first-order valence-electron chi connectivity index (χ1n) is 8.38. The Morgan fingerprint density at radius 2 is 1.64 bits per heavy atom. The van der Waals surface area contributed by atoms with E-state index in [1.807, 2.05) is 44.2 Å². The summed E-state index contributed by atoms with van der Waals surface area (Å²) in [6.07, 6.45) is 2.19. The summed E-state index contributed by atoms with van der Waals surface area (Å²) in [4.78, 5) is 0.318. The summed E-state index contributed by atoms with van der Waals surface area (Å²) >= 11 is 0. The number of anilines is 1. The molecule has 1 atom stereocenters. The summed E-state index contributed by atoms with van der Waals surface area (Å²) in [6.45, 7) is 8.25. The highest BCUT2D eigenvalue weighted by atomic mass is 32.2. The number of allylic oxidation sites excluding steroid dienone is 4. The fourth-order valence-electron chi connectivity index (χ4n) is 3.34. The van der Waals surface area contributed by atoms with Crippen molar-refractivity contribution in [3.05, 3.63) is 76.9 Å². The molecule has 1 aliphatic rings. The molecule has 0 amide bonds. The van der Waals surface area contributed by atoms with Gasteiger partial charge >= 0.3 is 0 Å². The van der Waals surface area contributed by atoms with Crippen molar-refractivity contribution in [2.45, 2.75) is 32.6 Å². The third-order valence-electron chi connectivity index (χ3n) is 4.69. The average Bonchev–Trinajstić information content (AvgIpc) is 2.80. The highest BCUT2D eigenvalue weighted by Crippen LogP contribution is 2.40. The molecule has 0 bridgehead atoms. The predicted molar refractivity (Wildman–Crippen MR) is 104 cm³/mol. The van der Waals surface area contributed by atoms with Crippen LogP contribution in [0.3, 0.4) is 0 Å². The summed E-state index contributed by atoms with van der Waals surface area (Å²) in [7, 11) is -3.67. The van der Waals surface area contributed by atoms with Crippen LogP contribution in [0.25, 0.3) is 5.57 Å². The number of rotatable bonds is 4. The van der Waals surface area contributed by atoms with Crippen molar-refractivity contribution >= 4 is 21.3 Å². The molecule has 1 unspecified atom stereocenters. The molecular formula is C21H23NO2S. The Morgan fingerprint density at radius 1 is 0.960 bits per heavy atom. The van der Waals surface area contributed by atoms with Crippen molar-refractivity contribution in [2.24, 2.45) is 5.92 Å². The normalized spacial score (nSPS) is 17.6. The molecule has 0 aliphatic heterocycles. The number of hydrogen-bond donors (Lipinski definition) is 1. The highest BCUT2D eigenvalue weighted by molar-refractivity contribution is 7.92. The molecule has 25 heavy (non-hydrogen) atoms. The van der Waals surface area contributed by atoms with Crippen molar-refractivity contribution in [1.82, 2.24) is 0 Å². The minimum absolute atomic E-state index is 0.318. The van der Waals surface area contributed by atoms with Gasteiger partial charge in [-0.25, -0.2) is 8.42 Å². The van der Waals surface area contributed by atoms with E-state index >= 15 is 0 Å². The molecule has 2 aromatic rings. The minimum Gasteiger partial charge on any atom is -0.280 e. The summed E-state index contributed by atoms with van der Waals surface area (Å²) in [5, 5.41) is 0. The maximum Gasteiger partial charge on any atom is 0.262 e. The summed E-state index contributed by atoms with van der Waals surface area (Å²) in [6, 6.07) is 14.5. The van der Waals surface area contributed by atoms with Crippen LogP contribution in [0.5, 0.6) is 0 Å². The molecule has 130 valence electrons. The van der Waals surface area contributed by atoms with Crippen LogP contribution in [0.2, 0.25) is 0 Å². The molecule has 3 rings (SSSR count). The van der Waals surface area contributed by atoms with Gasteiger partial charge in [0.1, 0.15) is 0 Å². The Kier molecular flexibility index (Phi) is 4.56. The number of hydrogen-bond acceptors (Lipinski definition) is 2. The topological polar surface area (TPSA) is 46.2 Å². The summed E-state index contributed by atoms with van der Waals surface area (Å²) < 4.78 is 28.8. The first-order chi connectivity index (χ1) is 11.8. The molecule has 0 spiro atoms. The molecule has 4 heteroatoms. The third-order valence-corrected chi connectivity index (χ3v) is 6.13. The fourth-order valence-corrected chi connectivity index (χ4v) is 4.59. The number of nitrogens with one attached hydrogen (secondary N) is 1. The molecule has 1 N–H and O–H groups in total. The summed E-state index contributed by atoms with van der Waals surface area (Å²) in [5.41, 5.74) is 5.77. The van der Waals surface area contributed by atoms with Crippen molar-refractivity contribution in [2.75, 3.05) is 4.72 Å². The van der Waals surface area contributed by atoms with Crippen LogP contribution in [-0.4, -0.2) is 8.42 Å². The van der Waals surface area contributed by atoms with Crippen molar-refractivity contribution in [3.8, 4) is 0 Å². The van der Waals surface area contributed by atoms with Gasteiger partial charge in [0.05, 0.1) is 4.90 Å². The molecular weight excluding hydrogens is 330 g/mol. The second-order valence-electron chi connectivity index (χ2n) is 6.67. The van der Waals surface area contributed by atoms with E-state index in [4.69, 9.17) is 0 Å². The van der Waals surface area contributed by atoms with E-state index in [0.717, 1.165) is 22.3 Å². The van der Waals surface area contributed by atoms with Crippen molar-refractivity contribution in [3.63, 3.8) is 0 Å². The van der Waals surface area contributed by atoms with Gasteiger partial charge in [0.2, 0.25) is 0 Å². The summed E-state index contributed by atoms with van der Waals surface area (Å²) in [5.74, 6) is 0.327. The van der Waals surface area contributed by atoms with Crippen LogP contribution in [0.15, 0.2) is 70.6 Å². The molecule has 0 saturated carbocycles. The van der Waals surface area contributed by atoms with Gasteiger partial charge in [-0.15, -0.1) is 0 Å². The van der Waals surface area contributed by atoms with Gasteiger partial charge in [-0.3, -0.25) is 4.72 Å². The Labute approximate surface area is 150 Å². The quantitative estimate of drug-likeness (QED) is 0.824. The zero-order valence-corrected chi connectivity index (χ0v) is 15.8. The second kappa shape index (κ2) is 6.52. The standard InChI is InChI=1S/C21H23NO2S/c1-14-10-11-20(25(23,24)22-18-8-6-5-7-9-18)19(12-14)21-16(3)13-15(2)17(21)4/h5-13,15,22H,1-4H3. The zero-order chi connectivity index (χ0) is 18.2. The van der Waals surface area contributed by atoms with Crippen LogP contribution < -0.4 is 4.72 Å². The van der Waals surface area contributed by atoms with Gasteiger partial charge in [0.15, 0.2) is 0 Å². The van der Waals surface area contributed by atoms with E-state index in [1.54, 1.807) is 18.2 Å². The lowest BCUT2D eigenvalue weighted by Crippen LogP contribution is -2.15. The van der Waals surface area contributed by atoms with Gasteiger partial charge in [-0.1, -0.05) is 54.5 Å². The predicted octanol–water partition coefficient (Wildman–Crippen LogP) is 5.17. The molecule has 3 nitrogen and oxygen atoms in total. The Hall–Kier alpha value is -2.33. The number of sulfonamides is 1. The second-order valence-corrected chi connectivity index (χ2v) is 8.32. The van der Waals surface area contributed by atoms with E-state index in [0.29, 0.717) is 16.5 Å². The lowest BCUT2D eigenvalue weighted by Gasteiger charge is -2.16. The maximum atomic E-state index is 13.0. The number of benzene rings is 2. The Bertz CT molecular complexity index is 970. The van der Waals surface area contributed by atoms with Gasteiger partial charge < -0.3 is 0 Å². The Balaban J connectivity index is 2.14. The average molecular weight is 353 g/mol. The lowest BCUT2D eigenvalue weighted by atomic mass is 9.96. The largest absolute Gasteiger partial charge is 0.280 e. The van der Waals surface area contributed by atoms with E-state index in [9.17, 15) is 8.42 Å². The molecule has 0 fully saturated rings. The van der Waals surface area contributed by atoms with E-state index in [-0.39, 0.29) is 0 Å². The van der Waals surface area contributed by atoms with Gasteiger partial charge in [-0.05, 0) is 56.0 Å². The molecule has 0 heterocycles. The Morgan fingerprint density at radius 3 is 2.24 bits per heavy atom. The van der Waals surface area contributed by atoms with E-state index in [1.165, 1.54) is 5.57 Å². The number of aryl methyl sites for hydroxylation is 1. The van der Waals surface area contributed by atoms with Gasteiger partial charge in [0.25, 0.3) is 10.0 Å². The minimum atomic E-state index is -3.67. The first-order valence-corrected chi connectivity index (χ1v) is 9.86. The molecule has 0 saturated heterocycles. The maximum absolute atomic E-state index is 13.0. The molecule has 2 aromatic carbocycles. The van der Waals surface area contributed by atoms with Crippen LogP contribution in [-0.2, 0) is 10.0 Å². The fraction of sp³-hybridized carbons (Fsp3) is 0.238. The van der Waals surface area contributed by atoms with Crippen LogP contribution >= 0.6 is 0 Å². The van der Waals surface area contributed by atoms with Crippen molar-refractivity contribution in [1.29, 1.82) is 0 Å². The SMILES string of the molecule is CC1=CC(C)C(C)=C1c1cc(C)ccc1S(=O)(=O)Nc1ccccc1.